The highest BCUT2D eigenvalue weighted by Crippen LogP contribution is 2.33. The molecule has 24 heavy (non-hydrogen) atoms. The molecule has 1 saturated heterocycles. The number of amides is 2. The van der Waals surface area contributed by atoms with Crippen LogP contribution in [-0.4, -0.2) is 34.5 Å². The van der Waals surface area contributed by atoms with Gasteiger partial charge in [0.1, 0.15) is 6.04 Å². The van der Waals surface area contributed by atoms with Crippen molar-refractivity contribution in [3.63, 3.8) is 0 Å². The van der Waals surface area contributed by atoms with E-state index in [0.717, 1.165) is 5.56 Å². The van der Waals surface area contributed by atoms with Crippen molar-refractivity contribution in [2.24, 2.45) is 0 Å². The molecule has 1 aromatic carbocycles. The van der Waals surface area contributed by atoms with Gasteiger partial charge < -0.3 is 19.7 Å². The van der Waals surface area contributed by atoms with E-state index in [1.807, 2.05) is 18.2 Å². The van der Waals surface area contributed by atoms with E-state index in [1.54, 1.807) is 16.5 Å². The van der Waals surface area contributed by atoms with Crippen molar-refractivity contribution in [2.45, 2.75) is 25.4 Å². The fourth-order valence-corrected chi connectivity index (χ4v) is 3.45. The molecule has 0 unspecified atom stereocenters. The van der Waals surface area contributed by atoms with E-state index in [2.05, 4.69) is 10.3 Å². The molecule has 0 aliphatic carbocycles. The maximum atomic E-state index is 12.5. The van der Waals surface area contributed by atoms with Crippen LogP contribution in [0.1, 0.15) is 18.4 Å². The Hall–Kier alpha value is -2.61. The second-order valence-corrected chi connectivity index (χ2v) is 6.48. The number of thiazole rings is 1. The van der Waals surface area contributed by atoms with Crippen molar-refractivity contribution >= 4 is 28.3 Å². The maximum Gasteiger partial charge on any atom is 0.248 e. The summed E-state index contributed by atoms with van der Waals surface area (Å²) in [6.45, 7) is 0.575. The lowest BCUT2D eigenvalue weighted by Gasteiger charge is -2.23. The van der Waals surface area contributed by atoms with Gasteiger partial charge in [0.2, 0.25) is 18.6 Å². The van der Waals surface area contributed by atoms with Gasteiger partial charge in [0.05, 0.1) is 0 Å². The van der Waals surface area contributed by atoms with E-state index in [9.17, 15) is 9.59 Å². The minimum Gasteiger partial charge on any atom is -0.454 e. The summed E-state index contributed by atoms with van der Waals surface area (Å²) in [5.41, 5.74) is 0.904. The third-order valence-corrected chi connectivity index (χ3v) is 4.77. The Morgan fingerprint density at radius 2 is 2.25 bits per heavy atom. The molecule has 2 amide bonds. The van der Waals surface area contributed by atoms with Crippen LogP contribution < -0.4 is 14.8 Å². The van der Waals surface area contributed by atoms with Crippen molar-refractivity contribution in [2.75, 3.05) is 12.1 Å². The van der Waals surface area contributed by atoms with Gasteiger partial charge in [0, 0.05) is 24.5 Å². The molecular weight excluding hydrogens is 330 g/mol. The number of ether oxygens (including phenoxy) is 2. The summed E-state index contributed by atoms with van der Waals surface area (Å²) in [5.74, 6) is 1.15. The topological polar surface area (TPSA) is 80.8 Å². The molecular formula is C16H15N3O4S. The number of carbonyl (C=O) groups excluding carboxylic acids is 2. The van der Waals surface area contributed by atoms with Crippen LogP contribution in [0.25, 0.3) is 0 Å². The number of benzene rings is 1. The number of aromatic nitrogens is 1. The highest BCUT2D eigenvalue weighted by Gasteiger charge is 2.36. The van der Waals surface area contributed by atoms with Gasteiger partial charge in [-0.05, 0) is 24.1 Å². The van der Waals surface area contributed by atoms with Gasteiger partial charge in [-0.15, -0.1) is 11.3 Å². The van der Waals surface area contributed by atoms with Crippen molar-refractivity contribution in [3.05, 3.63) is 35.3 Å². The number of likely N-dealkylation sites (tertiary alicyclic amines) is 1. The van der Waals surface area contributed by atoms with Crippen LogP contribution in [-0.2, 0) is 16.1 Å². The molecule has 2 aromatic rings. The molecule has 0 bridgehead atoms. The van der Waals surface area contributed by atoms with E-state index < -0.39 is 6.04 Å². The molecule has 124 valence electrons. The van der Waals surface area contributed by atoms with Crippen LogP contribution in [0, 0.1) is 0 Å². The van der Waals surface area contributed by atoms with E-state index in [1.165, 1.54) is 11.3 Å². The minimum absolute atomic E-state index is 0.0213. The van der Waals surface area contributed by atoms with Gasteiger partial charge in [-0.2, -0.15) is 0 Å². The van der Waals surface area contributed by atoms with Crippen LogP contribution in [0.3, 0.4) is 0 Å². The van der Waals surface area contributed by atoms with Gasteiger partial charge in [-0.25, -0.2) is 4.98 Å². The number of nitrogens with zero attached hydrogens (tertiary/aromatic N) is 2. The molecule has 0 spiro atoms. The average Bonchev–Trinajstić information content (AvgIpc) is 3.29. The summed E-state index contributed by atoms with van der Waals surface area (Å²) in [6.07, 6.45) is 2.52. The van der Waals surface area contributed by atoms with E-state index >= 15 is 0 Å². The molecule has 2 aliphatic heterocycles. The lowest BCUT2D eigenvalue weighted by molar-refractivity contribution is -0.133. The fourth-order valence-electron chi connectivity index (χ4n) is 2.91. The number of hydrogen-bond acceptors (Lipinski definition) is 6. The molecule has 0 saturated carbocycles. The number of fused-ring (bicyclic) bond motifs is 1. The van der Waals surface area contributed by atoms with Crippen LogP contribution in [0.2, 0.25) is 0 Å². The molecule has 0 radical (unpaired) electrons. The third-order valence-electron chi connectivity index (χ3n) is 4.08. The quantitative estimate of drug-likeness (QED) is 0.917. The summed E-state index contributed by atoms with van der Waals surface area (Å²) < 4.78 is 10.7. The standard InChI is InChI=1S/C16H15N3O4S/c20-14-4-2-11(15(21)18-16-17-5-6-24-16)19(14)8-10-1-3-12-13(7-10)23-9-22-12/h1,3,5-7,11H,2,4,8-9H2,(H,17,18,21)/t11-/m0/s1. The Morgan fingerprint density at radius 3 is 3.08 bits per heavy atom. The van der Waals surface area contributed by atoms with Crippen molar-refractivity contribution in [3.8, 4) is 11.5 Å². The Bertz CT molecular complexity index is 778. The zero-order chi connectivity index (χ0) is 16.5. The first-order valence-electron chi connectivity index (χ1n) is 7.59. The third kappa shape index (κ3) is 2.80. The minimum atomic E-state index is -0.480. The van der Waals surface area contributed by atoms with E-state index in [0.29, 0.717) is 36.0 Å². The maximum absolute atomic E-state index is 12.5. The van der Waals surface area contributed by atoms with Crippen LogP contribution in [0.15, 0.2) is 29.8 Å². The summed E-state index contributed by atoms with van der Waals surface area (Å²) in [6, 6.07) is 5.08. The first-order chi connectivity index (χ1) is 11.7. The Kier molecular flexibility index (Phi) is 3.81. The summed E-state index contributed by atoms with van der Waals surface area (Å²) in [4.78, 5) is 30.3. The first-order valence-corrected chi connectivity index (χ1v) is 8.47. The molecule has 8 heteroatoms. The predicted molar refractivity (Wildman–Crippen MR) is 86.9 cm³/mol. The normalized spacial score (nSPS) is 18.9. The first kappa shape index (κ1) is 14.9. The number of hydrogen-bond donors (Lipinski definition) is 1. The molecule has 7 nitrogen and oxygen atoms in total. The molecule has 4 rings (SSSR count). The highest BCUT2D eigenvalue weighted by molar-refractivity contribution is 7.13. The second kappa shape index (κ2) is 6.12. The second-order valence-electron chi connectivity index (χ2n) is 5.59. The molecule has 1 atom stereocenters. The number of anilines is 1. The monoisotopic (exact) mass is 345 g/mol. The molecule has 2 aliphatic rings. The Balaban J connectivity index is 1.49. The van der Waals surface area contributed by atoms with Gasteiger partial charge in [-0.3, -0.25) is 9.59 Å². The van der Waals surface area contributed by atoms with Gasteiger partial charge in [0.25, 0.3) is 0 Å². The number of carbonyl (C=O) groups is 2. The van der Waals surface area contributed by atoms with Crippen LogP contribution in [0.5, 0.6) is 11.5 Å². The predicted octanol–water partition coefficient (Wildman–Crippen LogP) is 2.00. The molecule has 3 heterocycles. The summed E-state index contributed by atoms with van der Waals surface area (Å²) in [7, 11) is 0. The highest BCUT2D eigenvalue weighted by atomic mass is 32.1. The SMILES string of the molecule is O=C(Nc1nccs1)[C@@H]1CCC(=O)N1Cc1ccc2c(c1)OCO2. The van der Waals surface area contributed by atoms with Crippen molar-refractivity contribution in [1.29, 1.82) is 0 Å². The van der Waals surface area contributed by atoms with Crippen molar-refractivity contribution in [1.82, 2.24) is 9.88 Å². The smallest absolute Gasteiger partial charge is 0.248 e. The van der Waals surface area contributed by atoms with Gasteiger partial charge >= 0.3 is 0 Å². The zero-order valence-corrected chi connectivity index (χ0v) is 13.5. The Morgan fingerprint density at radius 1 is 1.38 bits per heavy atom. The van der Waals surface area contributed by atoms with Gasteiger partial charge in [0.15, 0.2) is 16.6 Å². The van der Waals surface area contributed by atoms with Gasteiger partial charge in [-0.1, -0.05) is 6.07 Å². The van der Waals surface area contributed by atoms with Crippen molar-refractivity contribution < 1.29 is 19.1 Å². The van der Waals surface area contributed by atoms with E-state index in [-0.39, 0.29) is 18.6 Å². The molecule has 1 N–H and O–H groups in total. The largest absolute Gasteiger partial charge is 0.454 e. The lowest BCUT2D eigenvalue weighted by Crippen LogP contribution is -2.41. The summed E-state index contributed by atoms with van der Waals surface area (Å²) in [5, 5.41) is 5.11. The van der Waals surface area contributed by atoms with E-state index in [4.69, 9.17) is 9.47 Å². The number of nitrogens with one attached hydrogen (secondary N) is 1. The Labute approximate surface area is 142 Å². The zero-order valence-electron chi connectivity index (χ0n) is 12.7. The lowest BCUT2D eigenvalue weighted by atomic mass is 10.1. The summed E-state index contributed by atoms with van der Waals surface area (Å²) >= 11 is 1.35. The van der Waals surface area contributed by atoms with Crippen LogP contribution in [0.4, 0.5) is 5.13 Å². The fraction of sp³-hybridized carbons (Fsp3) is 0.312. The average molecular weight is 345 g/mol. The number of rotatable bonds is 4. The molecule has 1 aromatic heterocycles. The van der Waals surface area contributed by atoms with Crippen LogP contribution >= 0.6 is 11.3 Å². The molecule has 1 fully saturated rings.